The van der Waals surface area contributed by atoms with Crippen molar-refractivity contribution in [3.8, 4) is 0 Å². The molecule has 0 aromatic carbocycles. The predicted octanol–water partition coefficient (Wildman–Crippen LogP) is 2.86. The lowest BCUT2D eigenvalue weighted by Gasteiger charge is -2.14. The smallest absolute Gasteiger partial charge is 0.339 e. The summed E-state index contributed by atoms with van der Waals surface area (Å²) >= 11 is 1.41. The number of hydrogen-bond acceptors (Lipinski definition) is 6. The minimum atomic E-state index is -1.08. The number of pyridine rings is 1. The molecule has 7 heteroatoms. The first-order valence-corrected chi connectivity index (χ1v) is 6.87. The Hall–Kier alpha value is -2.15. The van der Waals surface area contributed by atoms with Crippen molar-refractivity contribution in [3.05, 3.63) is 28.9 Å². The number of aromatic nitrogens is 2. The van der Waals surface area contributed by atoms with Crippen molar-refractivity contribution in [2.45, 2.75) is 26.2 Å². The van der Waals surface area contributed by atoms with Crippen molar-refractivity contribution in [2.24, 2.45) is 0 Å². The van der Waals surface area contributed by atoms with Gasteiger partial charge in [0.15, 0.2) is 5.13 Å². The molecule has 0 radical (unpaired) electrons. The molecule has 0 spiro atoms. The van der Waals surface area contributed by atoms with E-state index in [-0.39, 0.29) is 16.8 Å². The van der Waals surface area contributed by atoms with E-state index in [9.17, 15) is 4.79 Å². The van der Waals surface area contributed by atoms with Crippen molar-refractivity contribution in [2.75, 3.05) is 11.1 Å². The van der Waals surface area contributed by atoms with Crippen LogP contribution in [0.4, 0.5) is 16.6 Å². The maximum Gasteiger partial charge on any atom is 0.339 e. The monoisotopic (exact) mass is 292 g/mol. The fraction of sp³-hybridized carbons (Fsp3) is 0.308. The molecule has 0 aliphatic carbocycles. The van der Waals surface area contributed by atoms with E-state index in [4.69, 9.17) is 10.8 Å². The van der Waals surface area contributed by atoms with Gasteiger partial charge in [-0.1, -0.05) is 20.8 Å². The third-order valence-electron chi connectivity index (χ3n) is 2.64. The minimum absolute atomic E-state index is 0.0255. The van der Waals surface area contributed by atoms with Gasteiger partial charge in [0.25, 0.3) is 0 Å². The van der Waals surface area contributed by atoms with Crippen molar-refractivity contribution >= 4 is 33.9 Å². The fourth-order valence-electron chi connectivity index (χ4n) is 1.52. The second-order valence-electron chi connectivity index (χ2n) is 5.38. The highest BCUT2D eigenvalue weighted by molar-refractivity contribution is 7.13. The largest absolute Gasteiger partial charge is 0.478 e. The zero-order valence-corrected chi connectivity index (χ0v) is 12.3. The first-order valence-electron chi connectivity index (χ1n) is 5.99. The number of nitrogens with zero attached hydrogens (tertiary/aromatic N) is 2. The van der Waals surface area contributed by atoms with Crippen molar-refractivity contribution in [1.82, 2.24) is 9.97 Å². The van der Waals surface area contributed by atoms with Crippen LogP contribution in [0.3, 0.4) is 0 Å². The Morgan fingerprint density at radius 1 is 1.45 bits per heavy atom. The van der Waals surface area contributed by atoms with Gasteiger partial charge < -0.3 is 16.2 Å². The molecule has 2 aromatic rings. The van der Waals surface area contributed by atoms with Gasteiger partial charge in [-0.3, -0.25) is 0 Å². The van der Waals surface area contributed by atoms with Crippen molar-refractivity contribution in [3.63, 3.8) is 0 Å². The zero-order valence-electron chi connectivity index (χ0n) is 11.5. The molecule has 4 N–H and O–H groups in total. The lowest BCUT2D eigenvalue weighted by Crippen LogP contribution is -2.11. The molecule has 0 aliphatic heterocycles. The van der Waals surface area contributed by atoms with Gasteiger partial charge in [-0.15, -0.1) is 11.3 Å². The van der Waals surface area contributed by atoms with E-state index in [2.05, 4.69) is 36.1 Å². The highest BCUT2D eigenvalue weighted by Crippen LogP contribution is 2.28. The van der Waals surface area contributed by atoms with Gasteiger partial charge >= 0.3 is 5.97 Å². The molecule has 0 fully saturated rings. The van der Waals surface area contributed by atoms with Gasteiger partial charge in [0, 0.05) is 10.8 Å². The number of nitrogen functional groups attached to an aromatic ring is 1. The second-order valence-corrected chi connectivity index (χ2v) is 6.24. The molecular weight excluding hydrogens is 276 g/mol. The standard InChI is InChI=1S/C13H16N4O2S/c1-13(2,3)9-6-20-12(16-9)17-10-8(11(18)19)4-7(14)5-15-10/h4-6H,14H2,1-3H3,(H,18,19)(H,15,16,17). The molecule has 6 nitrogen and oxygen atoms in total. The number of carbonyl (C=O) groups is 1. The van der Waals surface area contributed by atoms with Crippen LogP contribution in [-0.4, -0.2) is 21.0 Å². The predicted molar refractivity (Wildman–Crippen MR) is 79.7 cm³/mol. The van der Waals surface area contributed by atoms with Crippen LogP contribution < -0.4 is 11.1 Å². The molecule has 106 valence electrons. The first-order chi connectivity index (χ1) is 9.27. The van der Waals surface area contributed by atoms with Gasteiger partial charge in [-0.25, -0.2) is 14.8 Å². The lowest BCUT2D eigenvalue weighted by atomic mass is 9.93. The highest BCUT2D eigenvalue weighted by atomic mass is 32.1. The SMILES string of the molecule is CC(C)(C)c1csc(Nc2ncc(N)cc2C(=O)O)n1. The molecule has 0 saturated heterocycles. The summed E-state index contributed by atoms with van der Waals surface area (Å²) in [6, 6.07) is 1.37. The molecule has 0 atom stereocenters. The maximum absolute atomic E-state index is 11.2. The second kappa shape index (κ2) is 5.09. The molecule has 0 unspecified atom stereocenters. The van der Waals surface area contributed by atoms with Gasteiger partial charge in [-0.2, -0.15) is 0 Å². The van der Waals surface area contributed by atoms with Gasteiger partial charge in [0.1, 0.15) is 11.4 Å². The third-order valence-corrected chi connectivity index (χ3v) is 3.39. The fourth-order valence-corrected chi connectivity index (χ4v) is 2.46. The zero-order chi connectivity index (χ0) is 14.9. The summed E-state index contributed by atoms with van der Waals surface area (Å²) in [5.74, 6) is -0.846. The number of carboxylic acids is 1. The lowest BCUT2D eigenvalue weighted by molar-refractivity contribution is 0.0697. The van der Waals surface area contributed by atoms with Crippen LogP contribution in [0.25, 0.3) is 0 Å². The minimum Gasteiger partial charge on any atom is -0.478 e. The van der Waals surface area contributed by atoms with Crippen molar-refractivity contribution < 1.29 is 9.90 Å². The van der Waals surface area contributed by atoms with Crippen LogP contribution in [0.15, 0.2) is 17.6 Å². The Morgan fingerprint density at radius 2 is 2.15 bits per heavy atom. The van der Waals surface area contributed by atoms with E-state index >= 15 is 0 Å². The van der Waals surface area contributed by atoms with Gasteiger partial charge in [-0.05, 0) is 6.07 Å². The Morgan fingerprint density at radius 3 is 2.70 bits per heavy atom. The summed E-state index contributed by atoms with van der Waals surface area (Å²) in [7, 11) is 0. The molecular formula is C13H16N4O2S. The molecule has 2 heterocycles. The average Bonchev–Trinajstić information content (AvgIpc) is 2.79. The van der Waals surface area contributed by atoms with Crippen LogP contribution in [0.2, 0.25) is 0 Å². The van der Waals surface area contributed by atoms with Gasteiger partial charge in [0.2, 0.25) is 0 Å². The van der Waals surface area contributed by atoms with Crippen molar-refractivity contribution in [1.29, 1.82) is 0 Å². The number of anilines is 3. The Labute approximate surface area is 120 Å². The number of carboxylic acid groups (broad SMARTS) is 1. The van der Waals surface area contributed by atoms with Crippen LogP contribution >= 0.6 is 11.3 Å². The summed E-state index contributed by atoms with van der Waals surface area (Å²) in [6.07, 6.45) is 1.41. The van der Waals surface area contributed by atoms with Crippen LogP contribution in [0.1, 0.15) is 36.8 Å². The number of nitrogens with two attached hydrogens (primary N) is 1. The molecule has 0 bridgehead atoms. The Balaban J connectivity index is 2.31. The third kappa shape index (κ3) is 3.05. The van der Waals surface area contributed by atoms with Crippen LogP contribution in [0.5, 0.6) is 0 Å². The van der Waals surface area contributed by atoms with E-state index in [1.54, 1.807) is 0 Å². The topological polar surface area (TPSA) is 101 Å². The Bertz CT molecular complexity index is 646. The number of hydrogen-bond donors (Lipinski definition) is 3. The molecule has 0 saturated carbocycles. The highest BCUT2D eigenvalue weighted by Gasteiger charge is 2.19. The summed E-state index contributed by atoms with van der Waals surface area (Å²) < 4.78 is 0. The Kier molecular flexibility index (Phi) is 3.63. The van der Waals surface area contributed by atoms with E-state index in [1.807, 2.05) is 5.38 Å². The molecule has 2 aromatic heterocycles. The average molecular weight is 292 g/mol. The number of aromatic carboxylic acids is 1. The molecule has 0 aliphatic rings. The number of nitrogens with one attached hydrogen (secondary N) is 1. The van der Waals surface area contributed by atoms with E-state index in [1.165, 1.54) is 23.6 Å². The number of thiazole rings is 1. The maximum atomic E-state index is 11.2. The van der Waals surface area contributed by atoms with Gasteiger partial charge in [0.05, 0.1) is 17.6 Å². The molecule has 2 rings (SSSR count). The summed E-state index contributed by atoms with van der Waals surface area (Å²) in [4.78, 5) is 19.6. The van der Waals surface area contributed by atoms with E-state index in [0.717, 1.165) is 5.69 Å². The quantitative estimate of drug-likeness (QED) is 0.804. The van der Waals surface area contributed by atoms with E-state index in [0.29, 0.717) is 10.8 Å². The number of rotatable bonds is 3. The van der Waals surface area contributed by atoms with E-state index < -0.39 is 5.97 Å². The summed E-state index contributed by atoms with van der Waals surface area (Å²) in [6.45, 7) is 6.20. The van der Waals surface area contributed by atoms with Crippen LogP contribution in [0, 0.1) is 0 Å². The molecule has 20 heavy (non-hydrogen) atoms. The first kappa shape index (κ1) is 14.3. The van der Waals surface area contributed by atoms with Crippen LogP contribution in [-0.2, 0) is 5.41 Å². The normalized spacial score (nSPS) is 11.3. The molecule has 0 amide bonds. The summed E-state index contributed by atoms with van der Waals surface area (Å²) in [5.41, 5.74) is 6.77. The summed E-state index contributed by atoms with van der Waals surface area (Å²) in [5, 5.41) is 14.6.